The van der Waals surface area contributed by atoms with E-state index in [0.29, 0.717) is 16.6 Å². The van der Waals surface area contributed by atoms with Crippen molar-refractivity contribution in [1.82, 2.24) is 14.9 Å². The standard InChI is InChI=1S/C24H21F2N3O/c1-14(22-28-19-7-2-3-8-20(19)29(22)24(25)26)13-27-23(30)18-12-11-16-10-9-15-5-4-6-17(18)21(15)16/h2-8,11-12,14,24H,9-10,13H2,1H3,(H,27,30). The second-order valence-corrected chi connectivity index (χ2v) is 7.83. The summed E-state index contributed by atoms with van der Waals surface area (Å²) in [6, 6.07) is 16.8. The monoisotopic (exact) mass is 405 g/mol. The normalized spacial score (nSPS) is 14.0. The molecule has 4 aromatic rings. The van der Waals surface area contributed by atoms with Gasteiger partial charge in [0.25, 0.3) is 5.91 Å². The molecule has 5 rings (SSSR count). The summed E-state index contributed by atoms with van der Waals surface area (Å²) in [5, 5.41) is 5.05. The van der Waals surface area contributed by atoms with E-state index >= 15 is 0 Å². The Morgan fingerprint density at radius 1 is 1.07 bits per heavy atom. The van der Waals surface area contributed by atoms with Crippen molar-refractivity contribution in [1.29, 1.82) is 0 Å². The molecule has 1 heterocycles. The van der Waals surface area contributed by atoms with E-state index in [1.54, 1.807) is 31.2 Å². The van der Waals surface area contributed by atoms with Gasteiger partial charge in [-0.25, -0.2) is 4.98 Å². The van der Waals surface area contributed by atoms with Crippen LogP contribution >= 0.6 is 0 Å². The number of hydrogen-bond acceptors (Lipinski definition) is 2. The second kappa shape index (κ2) is 7.20. The fourth-order valence-corrected chi connectivity index (χ4v) is 4.49. The van der Waals surface area contributed by atoms with Gasteiger partial charge >= 0.3 is 6.55 Å². The van der Waals surface area contributed by atoms with Crippen molar-refractivity contribution in [3.63, 3.8) is 0 Å². The largest absolute Gasteiger partial charge is 0.351 e. The molecule has 0 aliphatic heterocycles. The molecule has 0 radical (unpaired) electrons. The van der Waals surface area contributed by atoms with Crippen molar-refractivity contribution >= 4 is 27.7 Å². The lowest BCUT2D eigenvalue weighted by molar-refractivity contribution is 0.0704. The van der Waals surface area contributed by atoms with Gasteiger partial charge in [0, 0.05) is 18.0 Å². The number of aromatic nitrogens is 2. The Morgan fingerprint density at radius 2 is 1.83 bits per heavy atom. The van der Waals surface area contributed by atoms with Crippen molar-refractivity contribution in [3.05, 3.63) is 77.1 Å². The van der Waals surface area contributed by atoms with Crippen molar-refractivity contribution < 1.29 is 13.6 Å². The highest BCUT2D eigenvalue weighted by Crippen LogP contribution is 2.33. The number of para-hydroxylation sites is 2. The van der Waals surface area contributed by atoms with Crippen molar-refractivity contribution in [3.8, 4) is 0 Å². The molecule has 0 saturated heterocycles. The van der Waals surface area contributed by atoms with Crippen LogP contribution in [0.25, 0.3) is 21.8 Å². The van der Waals surface area contributed by atoms with Gasteiger partial charge in [0.2, 0.25) is 0 Å². The first-order valence-electron chi connectivity index (χ1n) is 10.1. The molecule has 152 valence electrons. The van der Waals surface area contributed by atoms with Gasteiger partial charge in [-0.05, 0) is 52.9 Å². The van der Waals surface area contributed by atoms with Crippen LogP contribution in [0, 0.1) is 0 Å². The molecular formula is C24H21F2N3O. The number of carbonyl (C=O) groups is 1. The van der Waals surface area contributed by atoms with E-state index in [-0.39, 0.29) is 24.2 Å². The molecule has 6 heteroatoms. The second-order valence-electron chi connectivity index (χ2n) is 7.83. The first-order chi connectivity index (χ1) is 14.5. The highest BCUT2D eigenvalue weighted by atomic mass is 19.3. The third-order valence-electron chi connectivity index (χ3n) is 5.95. The Kier molecular flexibility index (Phi) is 4.50. The summed E-state index contributed by atoms with van der Waals surface area (Å²) in [5.74, 6) is -0.295. The van der Waals surface area contributed by atoms with Gasteiger partial charge in [-0.1, -0.05) is 43.3 Å². The number of fused-ring (bicyclic) bond motifs is 1. The molecule has 3 aromatic carbocycles. The number of alkyl halides is 2. The van der Waals surface area contributed by atoms with E-state index in [1.807, 2.05) is 24.3 Å². The number of nitrogens with zero attached hydrogens (tertiary/aromatic N) is 2. The maximum Gasteiger partial charge on any atom is 0.320 e. The SMILES string of the molecule is CC(CNC(=O)c1ccc2c3c(cccc13)CC2)c1nc2ccccc2n1C(F)F. The van der Waals surface area contributed by atoms with Gasteiger partial charge in [0.05, 0.1) is 11.0 Å². The van der Waals surface area contributed by atoms with Crippen LogP contribution in [0.5, 0.6) is 0 Å². The molecule has 1 atom stereocenters. The predicted octanol–water partition coefficient (Wildman–Crippen LogP) is 5.22. The molecule has 0 bridgehead atoms. The van der Waals surface area contributed by atoms with E-state index in [9.17, 15) is 13.6 Å². The van der Waals surface area contributed by atoms with Crippen LogP contribution in [0.4, 0.5) is 8.78 Å². The summed E-state index contributed by atoms with van der Waals surface area (Å²) in [6.45, 7) is -0.673. The van der Waals surface area contributed by atoms with E-state index in [2.05, 4.69) is 16.4 Å². The molecule has 1 aromatic heterocycles. The number of rotatable bonds is 5. The summed E-state index contributed by atoms with van der Waals surface area (Å²) in [5.41, 5.74) is 4.09. The van der Waals surface area contributed by atoms with Gasteiger partial charge in [0.15, 0.2) is 0 Å². The third kappa shape index (κ3) is 2.95. The van der Waals surface area contributed by atoms with Crippen LogP contribution in [0.1, 0.15) is 46.7 Å². The van der Waals surface area contributed by atoms with E-state index in [0.717, 1.165) is 22.8 Å². The van der Waals surface area contributed by atoms with Gasteiger partial charge < -0.3 is 5.32 Å². The van der Waals surface area contributed by atoms with E-state index < -0.39 is 6.55 Å². The Hall–Kier alpha value is -3.28. The fourth-order valence-electron chi connectivity index (χ4n) is 4.49. The fraction of sp³-hybridized carbons (Fsp3) is 0.250. The molecule has 1 amide bonds. The highest BCUT2D eigenvalue weighted by molar-refractivity contribution is 6.09. The minimum absolute atomic E-state index is 0.197. The Morgan fingerprint density at radius 3 is 2.63 bits per heavy atom. The van der Waals surface area contributed by atoms with Crippen molar-refractivity contribution in [2.24, 2.45) is 0 Å². The number of hydrogen-bond donors (Lipinski definition) is 1. The molecule has 0 fully saturated rings. The van der Waals surface area contributed by atoms with Crippen LogP contribution in [-0.4, -0.2) is 22.0 Å². The lowest BCUT2D eigenvalue weighted by atomic mass is 9.99. The number of halogens is 2. The molecule has 30 heavy (non-hydrogen) atoms. The van der Waals surface area contributed by atoms with Crippen LogP contribution in [0.2, 0.25) is 0 Å². The van der Waals surface area contributed by atoms with Gasteiger partial charge in [-0.3, -0.25) is 9.36 Å². The van der Waals surface area contributed by atoms with Crippen LogP contribution in [0.15, 0.2) is 54.6 Å². The first kappa shape index (κ1) is 18.7. The molecule has 1 N–H and O–H groups in total. The zero-order chi connectivity index (χ0) is 20.8. The molecule has 4 nitrogen and oxygen atoms in total. The number of aryl methyl sites for hydroxylation is 2. The van der Waals surface area contributed by atoms with Crippen LogP contribution in [-0.2, 0) is 12.8 Å². The summed E-state index contributed by atoms with van der Waals surface area (Å²) < 4.78 is 28.4. The molecule has 0 spiro atoms. The average molecular weight is 405 g/mol. The number of nitrogens with one attached hydrogen (secondary N) is 1. The summed E-state index contributed by atoms with van der Waals surface area (Å²) in [7, 11) is 0. The van der Waals surface area contributed by atoms with Gasteiger partial charge in [0.1, 0.15) is 5.82 Å². The first-order valence-corrected chi connectivity index (χ1v) is 10.1. The minimum atomic E-state index is -2.69. The highest BCUT2D eigenvalue weighted by Gasteiger charge is 2.23. The smallest absolute Gasteiger partial charge is 0.320 e. The lowest BCUT2D eigenvalue weighted by Gasteiger charge is -2.16. The number of imidazole rings is 1. The minimum Gasteiger partial charge on any atom is -0.351 e. The lowest BCUT2D eigenvalue weighted by Crippen LogP contribution is -2.29. The van der Waals surface area contributed by atoms with Crippen molar-refractivity contribution in [2.45, 2.75) is 32.2 Å². The summed E-state index contributed by atoms with van der Waals surface area (Å²) in [6.07, 6.45) is 2.00. The van der Waals surface area contributed by atoms with Gasteiger partial charge in [-0.15, -0.1) is 0 Å². The number of carbonyl (C=O) groups excluding carboxylic acids is 1. The van der Waals surface area contributed by atoms with Gasteiger partial charge in [-0.2, -0.15) is 8.78 Å². The zero-order valence-electron chi connectivity index (χ0n) is 16.5. The molecular weight excluding hydrogens is 384 g/mol. The number of benzene rings is 3. The van der Waals surface area contributed by atoms with Crippen LogP contribution in [0.3, 0.4) is 0 Å². The maximum absolute atomic E-state index is 13.7. The Labute approximate surface area is 172 Å². The van der Waals surface area contributed by atoms with E-state index in [1.165, 1.54) is 16.5 Å². The molecule has 1 aliphatic carbocycles. The molecule has 1 aliphatic rings. The quantitative estimate of drug-likeness (QED) is 0.495. The predicted molar refractivity (Wildman–Crippen MR) is 113 cm³/mol. The Bertz CT molecular complexity index is 1270. The zero-order valence-corrected chi connectivity index (χ0v) is 16.5. The molecule has 1 unspecified atom stereocenters. The average Bonchev–Trinajstić information content (AvgIpc) is 3.35. The topological polar surface area (TPSA) is 46.9 Å². The van der Waals surface area contributed by atoms with E-state index in [4.69, 9.17) is 0 Å². The summed E-state index contributed by atoms with van der Waals surface area (Å²) >= 11 is 0. The van der Waals surface area contributed by atoms with Crippen molar-refractivity contribution in [2.75, 3.05) is 6.54 Å². The molecule has 0 saturated carbocycles. The maximum atomic E-state index is 13.7. The Balaban J connectivity index is 1.41. The van der Waals surface area contributed by atoms with Crippen LogP contribution < -0.4 is 5.32 Å². The summed E-state index contributed by atoms with van der Waals surface area (Å²) in [4.78, 5) is 17.3. The third-order valence-corrected chi connectivity index (χ3v) is 5.95. The number of amides is 1.